The summed E-state index contributed by atoms with van der Waals surface area (Å²) < 4.78 is 0. The van der Waals surface area contributed by atoms with Crippen molar-refractivity contribution in [2.75, 3.05) is 12.3 Å². The molecule has 34 heavy (non-hydrogen) atoms. The first-order valence-corrected chi connectivity index (χ1v) is 11.3. The van der Waals surface area contributed by atoms with Crippen LogP contribution in [0, 0.1) is 0 Å². The van der Waals surface area contributed by atoms with E-state index in [1.54, 1.807) is 12.4 Å². The minimum atomic E-state index is -0.0737. The number of anilines is 1. The van der Waals surface area contributed by atoms with Gasteiger partial charge in [0.25, 0.3) is 5.91 Å². The molecule has 1 aliphatic rings. The number of pyridine rings is 1. The normalized spacial score (nSPS) is 12.9. The smallest absolute Gasteiger partial charge is 0.250 e. The second-order valence-electron chi connectivity index (χ2n) is 8.43. The maximum Gasteiger partial charge on any atom is 0.250 e. The standard InChI is InChI=1S/C27H29N5O2/c1-2-9-32(16-18-3-7-24(28)8-4-18)27(34)22-11-21-6-5-20(12-25(21)31-26(29)13-22)23-10-19(17-33)14-30-15-23/h3-8,10-12,14-15,33H,2,9,13,16-17,28H2,1H3,(H2,29,31). The molecule has 2 aromatic carbocycles. The van der Waals surface area contributed by atoms with Gasteiger partial charge in [0.1, 0.15) is 5.84 Å². The third kappa shape index (κ3) is 5.32. The number of amidine groups is 1. The van der Waals surface area contributed by atoms with E-state index in [1.165, 1.54) is 0 Å². The Kier molecular flexibility index (Phi) is 7.04. The highest BCUT2D eigenvalue weighted by molar-refractivity contribution is 6.05. The summed E-state index contributed by atoms with van der Waals surface area (Å²) in [6.07, 6.45) is 6.40. The van der Waals surface area contributed by atoms with Crippen molar-refractivity contribution in [2.24, 2.45) is 10.7 Å². The molecule has 0 saturated carbocycles. The Labute approximate surface area is 199 Å². The lowest BCUT2D eigenvalue weighted by atomic mass is 10.0. The number of nitrogens with two attached hydrogens (primary N) is 2. The number of benzene rings is 2. The van der Waals surface area contributed by atoms with Crippen LogP contribution in [0.25, 0.3) is 17.2 Å². The summed E-state index contributed by atoms with van der Waals surface area (Å²) in [6, 6.07) is 15.3. The number of rotatable bonds is 7. The zero-order valence-corrected chi connectivity index (χ0v) is 19.2. The highest BCUT2D eigenvalue weighted by Crippen LogP contribution is 2.32. The van der Waals surface area contributed by atoms with E-state index in [9.17, 15) is 9.90 Å². The van der Waals surface area contributed by atoms with Crippen molar-refractivity contribution in [1.82, 2.24) is 9.88 Å². The number of carbonyl (C=O) groups is 1. The van der Waals surface area contributed by atoms with Crippen molar-refractivity contribution in [3.05, 3.63) is 83.2 Å². The van der Waals surface area contributed by atoms with Gasteiger partial charge in [0, 0.05) is 54.3 Å². The molecule has 0 atom stereocenters. The van der Waals surface area contributed by atoms with E-state index in [4.69, 9.17) is 11.5 Å². The fourth-order valence-corrected chi connectivity index (χ4v) is 4.01. The largest absolute Gasteiger partial charge is 0.399 e. The summed E-state index contributed by atoms with van der Waals surface area (Å²) in [4.78, 5) is 24.1. The maximum atomic E-state index is 13.5. The van der Waals surface area contributed by atoms with Crippen LogP contribution in [-0.4, -0.2) is 33.3 Å². The van der Waals surface area contributed by atoms with Gasteiger partial charge < -0.3 is 21.5 Å². The lowest BCUT2D eigenvalue weighted by Crippen LogP contribution is -2.33. The zero-order chi connectivity index (χ0) is 24.1. The molecule has 0 bridgehead atoms. The Hall–Kier alpha value is -3.97. The van der Waals surface area contributed by atoms with Crippen molar-refractivity contribution in [1.29, 1.82) is 0 Å². The third-order valence-corrected chi connectivity index (χ3v) is 5.72. The highest BCUT2D eigenvalue weighted by atomic mass is 16.3. The average molecular weight is 456 g/mol. The van der Waals surface area contributed by atoms with E-state index in [1.807, 2.05) is 59.5 Å². The van der Waals surface area contributed by atoms with Crippen LogP contribution >= 0.6 is 0 Å². The predicted molar refractivity (Wildman–Crippen MR) is 136 cm³/mol. The summed E-state index contributed by atoms with van der Waals surface area (Å²) in [5.74, 6) is 0.343. The number of aliphatic hydroxyl groups is 1. The molecule has 0 radical (unpaired) electrons. The molecule has 0 unspecified atom stereocenters. The summed E-state index contributed by atoms with van der Waals surface area (Å²) >= 11 is 0. The van der Waals surface area contributed by atoms with Gasteiger partial charge in [0.15, 0.2) is 0 Å². The third-order valence-electron chi connectivity index (χ3n) is 5.72. The zero-order valence-electron chi connectivity index (χ0n) is 19.2. The van der Waals surface area contributed by atoms with Crippen molar-refractivity contribution in [3.63, 3.8) is 0 Å². The molecular weight excluding hydrogens is 426 g/mol. The van der Waals surface area contributed by atoms with E-state index >= 15 is 0 Å². The van der Waals surface area contributed by atoms with E-state index < -0.39 is 0 Å². The molecule has 0 saturated heterocycles. The Morgan fingerprint density at radius 3 is 2.56 bits per heavy atom. The van der Waals surface area contributed by atoms with Gasteiger partial charge in [-0.25, -0.2) is 4.99 Å². The lowest BCUT2D eigenvalue weighted by Gasteiger charge is -2.23. The van der Waals surface area contributed by atoms with Gasteiger partial charge in [-0.2, -0.15) is 0 Å². The Bertz CT molecular complexity index is 1250. The number of aliphatic hydroxyl groups excluding tert-OH is 1. The molecule has 4 rings (SSSR count). The molecule has 1 aliphatic heterocycles. The van der Waals surface area contributed by atoms with Crippen molar-refractivity contribution < 1.29 is 9.90 Å². The first-order chi connectivity index (χ1) is 16.5. The van der Waals surface area contributed by atoms with E-state index in [0.29, 0.717) is 35.9 Å². The van der Waals surface area contributed by atoms with E-state index in [2.05, 4.69) is 16.9 Å². The van der Waals surface area contributed by atoms with Crippen LogP contribution in [0.5, 0.6) is 0 Å². The predicted octanol–water partition coefficient (Wildman–Crippen LogP) is 4.04. The molecule has 0 spiro atoms. The van der Waals surface area contributed by atoms with Crippen LogP contribution in [-0.2, 0) is 17.9 Å². The van der Waals surface area contributed by atoms with Gasteiger partial charge in [0.2, 0.25) is 0 Å². The van der Waals surface area contributed by atoms with Crippen LogP contribution in [0.4, 0.5) is 11.4 Å². The van der Waals surface area contributed by atoms with Gasteiger partial charge in [-0.3, -0.25) is 9.78 Å². The molecule has 2 heterocycles. The first-order valence-electron chi connectivity index (χ1n) is 11.3. The van der Waals surface area contributed by atoms with Crippen LogP contribution in [0.3, 0.4) is 0 Å². The number of nitrogens with zero attached hydrogens (tertiary/aromatic N) is 3. The number of nitrogen functional groups attached to an aromatic ring is 1. The van der Waals surface area contributed by atoms with Crippen molar-refractivity contribution >= 4 is 29.2 Å². The van der Waals surface area contributed by atoms with Gasteiger partial charge in [0.05, 0.1) is 12.3 Å². The van der Waals surface area contributed by atoms with E-state index in [0.717, 1.165) is 34.2 Å². The fraction of sp³-hybridized carbons (Fsp3) is 0.222. The molecule has 0 aliphatic carbocycles. The van der Waals surface area contributed by atoms with Crippen LogP contribution in [0.2, 0.25) is 0 Å². The fourth-order valence-electron chi connectivity index (χ4n) is 4.01. The summed E-state index contributed by atoms with van der Waals surface area (Å²) in [6.45, 7) is 3.12. The molecule has 7 nitrogen and oxygen atoms in total. The number of hydrogen-bond donors (Lipinski definition) is 3. The molecular formula is C27H29N5O2. The van der Waals surface area contributed by atoms with Gasteiger partial charge in [-0.1, -0.05) is 31.2 Å². The van der Waals surface area contributed by atoms with Gasteiger partial charge in [-0.05, 0) is 53.5 Å². The maximum absolute atomic E-state index is 13.5. The first kappa shape index (κ1) is 23.2. The highest BCUT2D eigenvalue weighted by Gasteiger charge is 2.22. The van der Waals surface area contributed by atoms with Gasteiger partial charge in [-0.15, -0.1) is 0 Å². The monoisotopic (exact) mass is 455 g/mol. The second kappa shape index (κ2) is 10.3. The van der Waals surface area contributed by atoms with Crippen LogP contribution in [0.15, 0.2) is 71.5 Å². The van der Waals surface area contributed by atoms with Crippen molar-refractivity contribution in [2.45, 2.75) is 32.9 Å². The average Bonchev–Trinajstić information content (AvgIpc) is 3.02. The minimum absolute atomic E-state index is 0.0476. The molecule has 7 heteroatoms. The van der Waals surface area contributed by atoms with Crippen LogP contribution in [0.1, 0.15) is 36.5 Å². The second-order valence-corrected chi connectivity index (χ2v) is 8.43. The number of aliphatic imine (C=N–C) groups is 1. The summed E-state index contributed by atoms with van der Waals surface area (Å²) in [5, 5.41) is 9.41. The minimum Gasteiger partial charge on any atom is -0.399 e. The number of amides is 1. The number of carbonyl (C=O) groups excluding carboxylic acids is 1. The Balaban J connectivity index is 1.64. The molecule has 3 aromatic rings. The van der Waals surface area contributed by atoms with Crippen LogP contribution < -0.4 is 11.5 Å². The Morgan fingerprint density at radius 2 is 1.82 bits per heavy atom. The number of aromatic nitrogens is 1. The number of hydrogen-bond acceptors (Lipinski definition) is 6. The molecule has 174 valence electrons. The quantitative estimate of drug-likeness (QED) is 0.465. The molecule has 5 N–H and O–H groups in total. The topological polar surface area (TPSA) is 118 Å². The molecule has 0 fully saturated rings. The molecule has 1 amide bonds. The lowest BCUT2D eigenvalue weighted by molar-refractivity contribution is -0.127. The SMILES string of the molecule is CCCN(Cc1ccc(N)cc1)C(=O)C1=Cc2ccc(-c3cncc(CO)c3)cc2N=C(N)C1. The van der Waals surface area contributed by atoms with E-state index in [-0.39, 0.29) is 18.9 Å². The number of fused-ring (bicyclic) bond motifs is 1. The molecule has 1 aromatic heterocycles. The summed E-state index contributed by atoms with van der Waals surface area (Å²) in [7, 11) is 0. The van der Waals surface area contributed by atoms with Gasteiger partial charge >= 0.3 is 0 Å². The Morgan fingerprint density at radius 1 is 1.03 bits per heavy atom. The van der Waals surface area contributed by atoms with Crippen molar-refractivity contribution in [3.8, 4) is 11.1 Å². The summed E-state index contributed by atoms with van der Waals surface area (Å²) in [5.41, 5.74) is 18.4.